The molecule has 0 bridgehead atoms. The molecule has 1 heterocycles. The van der Waals surface area contributed by atoms with E-state index in [1.807, 2.05) is 19.2 Å². The number of thioether (sulfide) groups is 1. The Morgan fingerprint density at radius 1 is 1.52 bits per heavy atom. The van der Waals surface area contributed by atoms with Gasteiger partial charge in [-0.2, -0.15) is 5.26 Å². The average Bonchev–Trinajstić information content (AvgIpc) is 2.91. The Hall–Kier alpha value is -1.06. The number of thiazole rings is 1. The van der Waals surface area contributed by atoms with E-state index in [1.54, 1.807) is 23.3 Å². The van der Waals surface area contributed by atoms with Crippen LogP contribution in [0.3, 0.4) is 0 Å². The highest BCUT2D eigenvalue weighted by atomic mass is 32.2. The smallest absolute Gasteiger partial charge is 0.236 e. The first-order valence-electron chi connectivity index (χ1n) is 7.26. The van der Waals surface area contributed by atoms with Crippen molar-refractivity contribution in [3.8, 4) is 6.07 Å². The number of rotatable bonds is 4. The number of aromatic nitrogens is 1. The zero-order valence-corrected chi connectivity index (χ0v) is 14.4. The molecule has 21 heavy (non-hydrogen) atoms. The summed E-state index contributed by atoms with van der Waals surface area (Å²) >= 11 is 3.04. The van der Waals surface area contributed by atoms with Crippen LogP contribution in [0.25, 0.3) is 0 Å². The molecule has 4 nitrogen and oxygen atoms in total. The summed E-state index contributed by atoms with van der Waals surface area (Å²) in [5, 5.41) is 11.3. The maximum Gasteiger partial charge on any atom is 0.236 e. The minimum atomic E-state index is -0.608. The predicted molar refractivity (Wildman–Crippen MR) is 86.4 cm³/mol. The SMILES string of the molecule is Cc1csc(S[C@H](C)C(=O)N(C)C2(C#N)CCCCC2)n1. The van der Waals surface area contributed by atoms with Crippen molar-refractivity contribution in [2.45, 2.75) is 61.1 Å². The van der Waals surface area contributed by atoms with Gasteiger partial charge < -0.3 is 4.90 Å². The monoisotopic (exact) mass is 323 g/mol. The molecule has 0 unspecified atom stereocenters. The molecule has 1 saturated carbocycles. The van der Waals surface area contributed by atoms with Crippen LogP contribution in [0.1, 0.15) is 44.7 Å². The third-order valence-electron chi connectivity index (χ3n) is 4.08. The maximum absolute atomic E-state index is 12.6. The van der Waals surface area contributed by atoms with E-state index in [0.29, 0.717) is 0 Å². The first-order chi connectivity index (χ1) is 9.98. The Morgan fingerprint density at radius 2 is 2.19 bits per heavy atom. The van der Waals surface area contributed by atoms with Crippen molar-refractivity contribution in [2.75, 3.05) is 7.05 Å². The van der Waals surface area contributed by atoms with E-state index in [0.717, 1.165) is 42.1 Å². The number of carbonyl (C=O) groups is 1. The third kappa shape index (κ3) is 3.58. The number of hydrogen-bond donors (Lipinski definition) is 0. The van der Waals surface area contributed by atoms with Gasteiger partial charge in [0, 0.05) is 18.1 Å². The summed E-state index contributed by atoms with van der Waals surface area (Å²) in [5.74, 6) is 0.0244. The molecule has 0 N–H and O–H groups in total. The Bertz CT molecular complexity index is 543. The molecule has 1 atom stereocenters. The molecule has 114 valence electrons. The van der Waals surface area contributed by atoms with Gasteiger partial charge in [-0.1, -0.05) is 31.0 Å². The van der Waals surface area contributed by atoms with E-state index in [2.05, 4.69) is 11.1 Å². The molecule has 0 aromatic carbocycles. The third-order valence-corrected chi connectivity index (χ3v) is 6.26. The van der Waals surface area contributed by atoms with E-state index in [9.17, 15) is 10.1 Å². The van der Waals surface area contributed by atoms with E-state index < -0.39 is 5.54 Å². The van der Waals surface area contributed by atoms with Crippen molar-refractivity contribution >= 4 is 29.0 Å². The highest BCUT2D eigenvalue weighted by Crippen LogP contribution is 2.35. The summed E-state index contributed by atoms with van der Waals surface area (Å²) in [5.41, 5.74) is 0.374. The molecule has 0 aliphatic heterocycles. The summed E-state index contributed by atoms with van der Waals surface area (Å²) in [6.45, 7) is 3.85. The molecule has 6 heteroatoms. The van der Waals surface area contributed by atoms with Crippen LogP contribution in [0.4, 0.5) is 0 Å². The van der Waals surface area contributed by atoms with Gasteiger partial charge >= 0.3 is 0 Å². The van der Waals surface area contributed by atoms with Crippen molar-refractivity contribution in [3.63, 3.8) is 0 Å². The van der Waals surface area contributed by atoms with Gasteiger partial charge in [0.05, 0.1) is 11.3 Å². The zero-order valence-electron chi connectivity index (χ0n) is 12.8. The van der Waals surface area contributed by atoms with Gasteiger partial charge in [-0.3, -0.25) is 4.79 Å². The quantitative estimate of drug-likeness (QED) is 0.794. The second-order valence-corrected chi connectivity index (χ2v) is 8.06. The number of amides is 1. The first kappa shape index (κ1) is 16.3. The van der Waals surface area contributed by atoms with Crippen molar-refractivity contribution < 1.29 is 4.79 Å². The molecule has 0 saturated heterocycles. The molecule has 2 rings (SSSR count). The average molecular weight is 323 g/mol. The molecule has 1 aromatic heterocycles. The fourth-order valence-electron chi connectivity index (χ4n) is 2.73. The molecule has 1 fully saturated rings. The van der Waals surface area contributed by atoms with Crippen LogP contribution >= 0.6 is 23.1 Å². The van der Waals surface area contributed by atoms with Crippen LogP contribution in [0.2, 0.25) is 0 Å². The topological polar surface area (TPSA) is 57.0 Å². The number of hydrogen-bond acceptors (Lipinski definition) is 5. The van der Waals surface area contributed by atoms with Crippen LogP contribution < -0.4 is 0 Å². The van der Waals surface area contributed by atoms with E-state index >= 15 is 0 Å². The molecule has 0 spiro atoms. The van der Waals surface area contributed by atoms with E-state index in [1.165, 1.54) is 11.8 Å². The first-order valence-corrected chi connectivity index (χ1v) is 9.02. The summed E-state index contributed by atoms with van der Waals surface area (Å²) in [7, 11) is 1.78. The molecule has 1 aromatic rings. The van der Waals surface area contributed by atoms with Gasteiger partial charge in [0.2, 0.25) is 5.91 Å². The molecular weight excluding hydrogens is 302 g/mol. The predicted octanol–water partition coefficient (Wildman–Crippen LogP) is 3.62. The van der Waals surface area contributed by atoms with Gasteiger partial charge in [-0.05, 0) is 26.7 Å². The van der Waals surface area contributed by atoms with Crippen molar-refractivity contribution in [2.24, 2.45) is 0 Å². The molecule has 0 radical (unpaired) electrons. The Morgan fingerprint density at radius 3 is 2.71 bits per heavy atom. The van der Waals surface area contributed by atoms with Gasteiger partial charge in [0.15, 0.2) is 4.34 Å². The number of carbonyl (C=O) groups excluding carboxylic acids is 1. The maximum atomic E-state index is 12.6. The van der Waals surface area contributed by atoms with E-state index in [-0.39, 0.29) is 11.2 Å². The highest BCUT2D eigenvalue weighted by Gasteiger charge is 2.40. The summed E-state index contributed by atoms with van der Waals surface area (Å²) in [6, 6.07) is 2.40. The van der Waals surface area contributed by atoms with Crippen molar-refractivity contribution in [1.82, 2.24) is 9.88 Å². The fourth-order valence-corrected chi connectivity index (χ4v) is 4.81. The Balaban J connectivity index is 2.05. The van der Waals surface area contributed by atoms with Gasteiger partial charge in [0.1, 0.15) is 5.54 Å². The Kier molecular flexibility index (Phi) is 5.28. The fraction of sp³-hybridized carbons (Fsp3) is 0.667. The van der Waals surface area contributed by atoms with Crippen LogP contribution in [0, 0.1) is 18.3 Å². The van der Waals surface area contributed by atoms with Crippen molar-refractivity contribution in [3.05, 3.63) is 11.1 Å². The number of nitrogens with zero attached hydrogens (tertiary/aromatic N) is 3. The lowest BCUT2D eigenvalue weighted by Gasteiger charge is -2.40. The summed E-state index contributed by atoms with van der Waals surface area (Å²) in [6.07, 6.45) is 4.80. The number of nitriles is 1. The minimum absolute atomic E-state index is 0.0244. The van der Waals surface area contributed by atoms with Crippen LogP contribution in [-0.4, -0.2) is 33.6 Å². The van der Waals surface area contributed by atoms with Crippen LogP contribution in [0.15, 0.2) is 9.72 Å². The second-order valence-electron chi connectivity index (χ2n) is 5.62. The van der Waals surface area contributed by atoms with E-state index in [4.69, 9.17) is 0 Å². The molecular formula is C15H21N3OS2. The van der Waals surface area contributed by atoms with Crippen LogP contribution in [0.5, 0.6) is 0 Å². The normalized spacial score (nSPS) is 18.8. The largest absolute Gasteiger partial charge is 0.326 e. The standard InChI is InChI=1S/C15H21N3OS2/c1-11-9-20-14(17-11)21-12(2)13(19)18(3)15(10-16)7-5-4-6-8-15/h9,12H,4-8H2,1-3H3/t12-/m1/s1. The second kappa shape index (κ2) is 6.80. The van der Waals surface area contributed by atoms with Gasteiger partial charge in [-0.15, -0.1) is 11.3 Å². The molecule has 1 aliphatic rings. The van der Waals surface area contributed by atoms with Gasteiger partial charge in [0.25, 0.3) is 0 Å². The lowest BCUT2D eigenvalue weighted by Crippen LogP contribution is -2.52. The minimum Gasteiger partial charge on any atom is -0.326 e. The lowest BCUT2D eigenvalue weighted by atomic mass is 9.81. The van der Waals surface area contributed by atoms with Crippen LogP contribution in [-0.2, 0) is 4.79 Å². The summed E-state index contributed by atoms with van der Waals surface area (Å²) < 4.78 is 0.913. The highest BCUT2D eigenvalue weighted by molar-refractivity contribution is 8.02. The zero-order chi connectivity index (χ0) is 15.5. The molecule has 1 aliphatic carbocycles. The summed E-state index contributed by atoms with van der Waals surface area (Å²) in [4.78, 5) is 18.7. The Labute approximate surface area is 134 Å². The molecule has 1 amide bonds. The lowest BCUT2D eigenvalue weighted by molar-refractivity contribution is -0.133. The van der Waals surface area contributed by atoms with Crippen molar-refractivity contribution in [1.29, 1.82) is 5.26 Å². The van der Waals surface area contributed by atoms with Gasteiger partial charge in [-0.25, -0.2) is 4.98 Å². The number of aryl methyl sites for hydroxylation is 1.